The molecule has 1 unspecified atom stereocenters. The number of hydrogen-bond acceptors (Lipinski definition) is 4. The Bertz CT molecular complexity index is 496. The zero-order valence-corrected chi connectivity index (χ0v) is 13.4. The molecule has 120 valence electrons. The zero-order valence-electron chi connectivity index (χ0n) is 13.4. The number of carbonyl (C=O) groups is 1. The second kappa shape index (κ2) is 7.18. The Morgan fingerprint density at radius 3 is 2.68 bits per heavy atom. The van der Waals surface area contributed by atoms with Crippen molar-refractivity contribution < 1.29 is 4.79 Å². The summed E-state index contributed by atoms with van der Waals surface area (Å²) in [5, 5.41) is 3.04. The normalized spacial score (nSPS) is 23.6. The summed E-state index contributed by atoms with van der Waals surface area (Å²) in [6.07, 6.45) is 11.3. The van der Waals surface area contributed by atoms with Crippen molar-refractivity contribution in [3.63, 3.8) is 0 Å². The summed E-state index contributed by atoms with van der Waals surface area (Å²) in [4.78, 5) is 22.9. The van der Waals surface area contributed by atoms with Gasteiger partial charge in [-0.1, -0.05) is 19.3 Å². The number of aryl methyl sites for hydroxylation is 1. The number of aromatic nitrogens is 2. The molecular formula is C17H26N4O. The molecule has 1 aromatic heterocycles. The van der Waals surface area contributed by atoms with Crippen LogP contribution in [0, 0.1) is 12.8 Å². The van der Waals surface area contributed by atoms with Crippen LogP contribution in [0.3, 0.4) is 0 Å². The third-order valence-electron chi connectivity index (χ3n) is 5.00. The topological polar surface area (TPSA) is 58.1 Å². The predicted molar refractivity (Wildman–Crippen MR) is 85.7 cm³/mol. The number of likely N-dealkylation sites (tertiary alicyclic amines) is 1. The molecule has 3 rings (SSSR count). The van der Waals surface area contributed by atoms with Crippen LogP contribution < -0.4 is 5.32 Å². The molecule has 0 aromatic carbocycles. The summed E-state index contributed by atoms with van der Waals surface area (Å²) in [5.74, 6) is 1.21. The Hall–Kier alpha value is -1.49. The minimum absolute atomic E-state index is 0.0592. The maximum absolute atomic E-state index is 12.1. The standard InChI is InChI=1S/C17H26N4O/c1-13-18-10-15(11-19-13)17(22)20-9-14-7-8-21(12-14)16-5-3-2-4-6-16/h10-11,14,16H,2-9,12H2,1H3,(H,20,22). The van der Waals surface area contributed by atoms with Gasteiger partial charge in [0.05, 0.1) is 5.56 Å². The molecule has 1 saturated carbocycles. The largest absolute Gasteiger partial charge is 0.352 e. The fourth-order valence-corrected chi connectivity index (χ4v) is 3.66. The van der Waals surface area contributed by atoms with Crippen LogP contribution in [-0.4, -0.2) is 46.5 Å². The molecule has 5 heteroatoms. The molecule has 2 aliphatic rings. The monoisotopic (exact) mass is 302 g/mol. The molecule has 1 aromatic rings. The highest BCUT2D eigenvalue weighted by atomic mass is 16.1. The van der Waals surface area contributed by atoms with E-state index in [0.29, 0.717) is 17.3 Å². The second-order valence-corrected chi connectivity index (χ2v) is 6.67. The van der Waals surface area contributed by atoms with E-state index in [1.165, 1.54) is 45.1 Å². The molecule has 0 radical (unpaired) electrons. The molecule has 1 atom stereocenters. The summed E-state index contributed by atoms with van der Waals surface area (Å²) in [5.41, 5.74) is 0.549. The number of nitrogens with one attached hydrogen (secondary N) is 1. The lowest BCUT2D eigenvalue weighted by molar-refractivity contribution is 0.0945. The van der Waals surface area contributed by atoms with Crippen LogP contribution in [-0.2, 0) is 0 Å². The van der Waals surface area contributed by atoms with Crippen LogP contribution in [0.4, 0.5) is 0 Å². The number of amides is 1. The smallest absolute Gasteiger partial charge is 0.254 e. The molecule has 1 saturated heterocycles. The Morgan fingerprint density at radius 1 is 1.23 bits per heavy atom. The minimum Gasteiger partial charge on any atom is -0.352 e. The number of nitrogens with zero attached hydrogens (tertiary/aromatic N) is 3. The third-order valence-corrected chi connectivity index (χ3v) is 5.00. The molecule has 1 aliphatic carbocycles. The number of hydrogen-bond donors (Lipinski definition) is 1. The average Bonchev–Trinajstić information content (AvgIpc) is 3.03. The van der Waals surface area contributed by atoms with Gasteiger partial charge in [-0.15, -0.1) is 0 Å². The van der Waals surface area contributed by atoms with E-state index in [9.17, 15) is 4.79 Å². The fraction of sp³-hybridized carbons (Fsp3) is 0.706. The van der Waals surface area contributed by atoms with Crippen molar-refractivity contribution in [1.82, 2.24) is 20.2 Å². The maximum Gasteiger partial charge on any atom is 0.254 e. The van der Waals surface area contributed by atoms with Crippen molar-refractivity contribution in [2.75, 3.05) is 19.6 Å². The van der Waals surface area contributed by atoms with Gasteiger partial charge in [0.1, 0.15) is 5.82 Å². The first-order valence-corrected chi connectivity index (χ1v) is 8.53. The van der Waals surface area contributed by atoms with Crippen molar-refractivity contribution in [3.8, 4) is 0 Å². The summed E-state index contributed by atoms with van der Waals surface area (Å²) in [7, 11) is 0. The second-order valence-electron chi connectivity index (χ2n) is 6.67. The lowest BCUT2D eigenvalue weighted by Gasteiger charge is -2.31. The lowest BCUT2D eigenvalue weighted by atomic mass is 9.94. The number of rotatable bonds is 4. The van der Waals surface area contributed by atoms with Crippen molar-refractivity contribution in [2.45, 2.75) is 51.5 Å². The number of carbonyl (C=O) groups excluding carboxylic acids is 1. The van der Waals surface area contributed by atoms with Gasteiger partial charge >= 0.3 is 0 Å². The van der Waals surface area contributed by atoms with Crippen LogP contribution in [0.25, 0.3) is 0 Å². The Balaban J connectivity index is 1.44. The molecule has 22 heavy (non-hydrogen) atoms. The fourth-order valence-electron chi connectivity index (χ4n) is 3.66. The van der Waals surface area contributed by atoms with E-state index in [-0.39, 0.29) is 5.91 Å². The molecule has 1 amide bonds. The van der Waals surface area contributed by atoms with Gasteiger partial charge in [-0.25, -0.2) is 9.97 Å². The highest BCUT2D eigenvalue weighted by molar-refractivity contribution is 5.93. The SMILES string of the molecule is Cc1ncc(C(=O)NCC2CCN(C3CCCCC3)C2)cn1. The average molecular weight is 302 g/mol. The van der Waals surface area contributed by atoms with E-state index in [1.807, 2.05) is 6.92 Å². The first kappa shape index (κ1) is 15.4. The van der Waals surface area contributed by atoms with Crippen molar-refractivity contribution in [1.29, 1.82) is 0 Å². The van der Waals surface area contributed by atoms with Crippen LogP contribution in [0.15, 0.2) is 12.4 Å². The Kier molecular flexibility index (Phi) is 5.03. The summed E-state index contributed by atoms with van der Waals surface area (Å²) < 4.78 is 0. The molecule has 1 N–H and O–H groups in total. The Labute approximate surface area is 132 Å². The highest BCUT2D eigenvalue weighted by Gasteiger charge is 2.29. The molecule has 2 heterocycles. The van der Waals surface area contributed by atoms with Crippen molar-refractivity contribution >= 4 is 5.91 Å². The maximum atomic E-state index is 12.1. The van der Waals surface area contributed by atoms with Gasteiger partial charge in [0.2, 0.25) is 0 Å². The van der Waals surface area contributed by atoms with Crippen LogP contribution >= 0.6 is 0 Å². The van der Waals surface area contributed by atoms with E-state index in [2.05, 4.69) is 20.2 Å². The van der Waals surface area contributed by atoms with Crippen LogP contribution in [0.1, 0.15) is 54.7 Å². The van der Waals surface area contributed by atoms with Gasteiger partial charge < -0.3 is 10.2 Å². The lowest BCUT2D eigenvalue weighted by Crippen LogP contribution is -2.36. The predicted octanol–water partition coefficient (Wildman–Crippen LogP) is 2.17. The van der Waals surface area contributed by atoms with Gasteiger partial charge in [0, 0.05) is 31.5 Å². The van der Waals surface area contributed by atoms with Crippen LogP contribution in [0.5, 0.6) is 0 Å². The van der Waals surface area contributed by atoms with Gasteiger partial charge in [-0.2, -0.15) is 0 Å². The summed E-state index contributed by atoms with van der Waals surface area (Å²) >= 11 is 0. The molecule has 0 spiro atoms. The highest BCUT2D eigenvalue weighted by Crippen LogP contribution is 2.27. The van der Waals surface area contributed by atoms with Crippen LogP contribution in [0.2, 0.25) is 0 Å². The van der Waals surface area contributed by atoms with Gasteiger partial charge in [-0.3, -0.25) is 4.79 Å². The molecule has 1 aliphatic heterocycles. The van der Waals surface area contributed by atoms with E-state index < -0.39 is 0 Å². The minimum atomic E-state index is -0.0592. The first-order chi connectivity index (χ1) is 10.7. The van der Waals surface area contributed by atoms with Gasteiger partial charge in [-0.05, 0) is 38.6 Å². The molecular weight excluding hydrogens is 276 g/mol. The summed E-state index contributed by atoms with van der Waals surface area (Å²) in [6.45, 7) is 4.91. The molecule has 0 bridgehead atoms. The third kappa shape index (κ3) is 3.83. The first-order valence-electron chi connectivity index (χ1n) is 8.53. The molecule has 5 nitrogen and oxygen atoms in total. The van der Waals surface area contributed by atoms with Crippen molar-refractivity contribution in [3.05, 3.63) is 23.8 Å². The van der Waals surface area contributed by atoms with E-state index in [1.54, 1.807) is 12.4 Å². The summed E-state index contributed by atoms with van der Waals surface area (Å²) in [6, 6.07) is 0.792. The van der Waals surface area contributed by atoms with Gasteiger partial charge in [0.15, 0.2) is 0 Å². The zero-order chi connectivity index (χ0) is 15.4. The van der Waals surface area contributed by atoms with E-state index in [0.717, 1.165) is 19.1 Å². The van der Waals surface area contributed by atoms with E-state index in [4.69, 9.17) is 0 Å². The molecule has 2 fully saturated rings. The Morgan fingerprint density at radius 2 is 1.95 bits per heavy atom. The van der Waals surface area contributed by atoms with Gasteiger partial charge in [0.25, 0.3) is 5.91 Å². The quantitative estimate of drug-likeness (QED) is 0.926. The van der Waals surface area contributed by atoms with Crippen molar-refractivity contribution in [2.24, 2.45) is 5.92 Å². The van der Waals surface area contributed by atoms with E-state index >= 15 is 0 Å².